The van der Waals surface area contributed by atoms with Gasteiger partial charge in [0.2, 0.25) is 5.91 Å². The molecule has 8 nitrogen and oxygen atoms in total. The lowest BCUT2D eigenvalue weighted by atomic mass is 9.95. The summed E-state index contributed by atoms with van der Waals surface area (Å²) in [5, 5.41) is 10.0. The summed E-state index contributed by atoms with van der Waals surface area (Å²) in [5.41, 5.74) is 1.75. The molecule has 12 heteroatoms. The number of ether oxygens (including phenoxy) is 1. The van der Waals surface area contributed by atoms with Crippen LogP contribution in [0.2, 0.25) is 0 Å². The average molecular weight is 503 g/mol. The first-order valence-corrected chi connectivity index (χ1v) is 11.6. The van der Waals surface area contributed by atoms with Gasteiger partial charge in [-0.25, -0.2) is 13.2 Å². The van der Waals surface area contributed by atoms with Gasteiger partial charge < -0.3 is 15.2 Å². The quantitative estimate of drug-likeness (QED) is 0.477. The molecule has 0 heterocycles. The first kappa shape index (κ1) is 27.1. The highest BCUT2D eigenvalue weighted by Gasteiger charge is 2.51. The number of carbonyl (C=O) groups excluding carboxylic acids is 1. The average Bonchev–Trinajstić information content (AvgIpc) is 3.56. The van der Waals surface area contributed by atoms with Gasteiger partial charge in [-0.2, -0.15) is 13.2 Å². The molecule has 0 unspecified atom stereocenters. The van der Waals surface area contributed by atoms with Gasteiger partial charge in [0, 0.05) is 19.3 Å². The topological polar surface area (TPSA) is 122 Å². The zero-order valence-corrected chi connectivity index (χ0v) is 19.3. The van der Waals surface area contributed by atoms with Gasteiger partial charge in [-0.15, -0.1) is 0 Å². The van der Waals surface area contributed by atoms with Crippen molar-refractivity contribution >= 4 is 27.6 Å². The summed E-state index contributed by atoms with van der Waals surface area (Å²) in [7, 11) is -2.05. The number of hydrogen-bond donors (Lipinski definition) is 3. The molecule has 1 aliphatic rings. The number of aryl methyl sites for hydroxylation is 1. The number of benzene rings is 2. The van der Waals surface area contributed by atoms with Crippen molar-refractivity contribution in [1.29, 1.82) is 0 Å². The van der Waals surface area contributed by atoms with Crippen LogP contribution in [0.4, 0.5) is 18.9 Å². The minimum Gasteiger partial charge on any atom is -0.475 e. The highest BCUT2D eigenvalue weighted by atomic mass is 32.2. The molecule has 2 aromatic rings. The van der Waals surface area contributed by atoms with Crippen LogP contribution < -0.4 is 10.0 Å². The van der Waals surface area contributed by atoms with Crippen LogP contribution in [0.15, 0.2) is 53.4 Å². The third-order valence-corrected chi connectivity index (χ3v) is 6.39. The standard InChI is InChI=1S/C20H24N2O4S.C2HF3O2/c1-15-4-3-5-18(14-15)27(24,25)22-17-8-6-16(7-9-17)20(10-11-20)19(23)21-12-13-26-2;3-2(4,5)1(6)7/h3-9,14,22H,10-13H2,1-2H3,(H,21,23);(H,6,7). The Labute approximate surface area is 195 Å². The number of carbonyl (C=O) groups is 2. The minimum absolute atomic E-state index is 0.00681. The van der Waals surface area contributed by atoms with Crippen LogP contribution in [0.5, 0.6) is 0 Å². The number of halogens is 3. The lowest BCUT2D eigenvalue weighted by Gasteiger charge is -2.16. The summed E-state index contributed by atoms with van der Waals surface area (Å²) in [4.78, 5) is 21.6. The zero-order chi connectivity index (χ0) is 25.6. The Balaban J connectivity index is 0.000000509. The molecule has 0 saturated heterocycles. The molecule has 3 rings (SSSR count). The maximum atomic E-state index is 12.5. The normalized spacial score (nSPS) is 14.4. The van der Waals surface area contributed by atoms with Crippen LogP contribution in [0.3, 0.4) is 0 Å². The van der Waals surface area contributed by atoms with E-state index in [0.29, 0.717) is 18.8 Å². The van der Waals surface area contributed by atoms with E-state index >= 15 is 0 Å². The molecule has 3 N–H and O–H groups in total. The maximum absolute atomic E-state index is 12.5. The Morgan fingerprint density at radius 2 is 1.71 bits per heavy atom. The number of aliphatic carboxylic acids is 1. The van der Waals surface area contributed by atoms with Gasteiger partial charge in [-0.1, -0.05) is 24.3 Å². The number of nitrogens with one attached hydrogen (secondary N) is 2. The minimum atomic E-state index is -5.08. The van der Waals surface area contributed by atoms with E-state index in [2.05, 4.69) is 10.0 Å². The fourth-order valence-corrected chi connectivity index (χ4v) is 4.22. The first-order chi connectivity index (χ1) is 15.8. The number of carboxylic acids is 1. The van der Waals surface area contributed by atoms with Gasteiger partial charge in [-0.05, 0) is 55.2 Å². The number of anilines is 1. The summed E-state index contributed by atoms with van der Waals surface area (Å²) in [6.45, 7) is 2.80. The van der Waals surface area contributed by atoms with Gasteiger partial charge >= 0.3 is 12.1 Å². The first-order valence-electron chi connectivity index (χ1n) is 10.1. The number of carboxylic acid groups (broad SMARTS) is 1. The van der Waals surface area contributed by atoms with E-state index in [1.54, 1.807) is 37.4 Å². The number of sulfonamides is 1. The Hall–Kier alpha value is -3.12. The summed E-state index contributed by atoms with van der Waals surface area (Å²) < 4.78 is 64.3. The monoisotopic (exact) mass is 502 g/mol. The molecule has 1 fully saturated rings. The predicted molar refractivity (Wildman–Crippen MR) is 118 cm³/mol. The molecule has 2 aromatic carbocycles. The molecular weight excluding hydrogens is 477 g/mol. The maximum Gasteiger partial charge on any atom is 0.490 e. The van der Waals surface area contributed by atoms with Crippen LogP contribution >= 0.6 is 0 Å². The van der Waals surface area contributed by atoms with Crippen molar-refractivity contribution in [3.63, 3.8) is 0 Å². The number of methoxy groups -OCH3 is 1. The van der Waals surface area contributed by atoms with Gasteiger partial charge in [0.1, 0.15) is 0 Å². The second kappa shape index (κ2) is 10.9. The highest BCUT2D eigenvalue weighted by molar-refractivity contribution is 7.92. The number of amides is 1. The molecule has 0 radical (unpaired) electrons. The molecule has 0 atom stereocenters. The van der Waals surface area contributed by atoms with Crippen molar-refractivity contribution in [3.8, 4) is 0 Å². The van der Waals surface area contributed by atoms with Crippen molar-refractivity contribution in [2.24, 2.45) is 0 Å². The number of hydrogen-bond acceptors (Lipinski definition) is 5. The zero-order valence-electron chi connectivity index (χ0n) is 18.5. The predicted octanol–water partition coefficient (Wildman–Crippen LogP) is 3.22. The van der Waals surface area contributed by atoms with E-state index in [0.717, 1.165) is 24.0 Å². The van der Waals surface area contributed by atoms with E-state index in [9.17, 15) is 26.4 Å². The second-order valence-electron chi connectivity index (χ2n) is 7.63. The Morgan fingerprint density at radius 3 is 2.18 bits per heavy atom. The third kappa shape index (κ3) is 7.19. The van der Waals surface area contributed by atoms with Crippen molar-refractivity contribution < 1.29 is 41.0 Å². The van der Waals surface area contributed by atoms with Crippen molar-refractivity contribution in [2.75, 3.05) is 25.0 Å². The van der Waals surface area contributed by atoms with E-state index in [1.165, 1.54) is 0 Å². The summed E-state index contributed by atoms with van der Waals surface area (Å²) in [5.74, 6) is -2.76. The number of alkyl halides is 3. The molecule has 34 heavy (non-hydrogen) atoms. The Bertz CT molecular complexity index is 1110. The second-order valence-corrected chi connectivity index (χ2v) is 9.32. The number of rotatable bonds is 8. The van der Waals surface area contributed by atoms with E-state index in [4.69, 9.17) is 14.6 Å². The van der Waals surface area contributed by atoms with Crippen molar-refractivity contribution in [1.82, 2.24) is 5.32 Å². The van der Waals surface area contributed by atoms with Gasteiger partial charge in [0.05, 0.1) is 16.9 Å². The molecular formula is C22H25F3N2O6S. The Kier molecular flexibility index (Phi) is 8.67. The summed E-state index contributed by atoms with van der Waals surface area (Å²) in [6.07, 6.45) is -3.50. The lowest BCUT2D eigenvalue weighted by Crippen LogP contribution is -2.36. The fourth-order valence-electron chi connectivity index (χ4n) is 3.06. The molecule has 0 spiro atoms. The molecule has 0 aromatic heterocycles. The lowest BCUT2D eigenvalue weighted by molar-refractivity contribution is -0.192. The molecule has 1 saturated carbocycles. The van der Waals surface area contributed by atoms with E-state index < -0.39 is 27.6 Å². The third-order valence-electron chi connectivity index (χ3n) is 5.01. The highest BCUT2D eigenvalue weighted by Crippen LogP contribution is 2.48. The van der Waals surface area contributed by atoms with E-state index in [1.807, 2.05) is 25.1 Å². The van der Waals surface area contributed by atoms with Crippen molar-refractivity contribution in [3.05, 3.63) is 59.7 Å². The smallest absolute Gasteiger partial charge is 0.475 e. The SMILES string of the molecule is COCCNC(=O)C1(c2ccc(NS(=O)(=O)c3cccc(C)c3)cc2)CC1.O=C(O)C(F)(F)F. The molecule has 186 valence electrons. The fraction of sp³-hybridized carbons (Fsp3) is 0.364. The summed E-state index contributed by atoms with van der Waals surface area (Å²) >= 11 is 0. The van der Waals surface area contributed by atoms with Gasteiger partial charge in [-0.3, -0.25) is 9.52 Å². The van der Waals surface area contributed by atoms with E-state index in [-0.39, 0.29) is 10.8 Å². The van der Waals surface area contributed by atoms with Crippen molar-refractivity contribution in [2.45, 2.75) is 36.3 Å². The van der Waals surface area contributed by atoms with Crippen LogP contribution in [-0.4, -0.2) is 51.8 Å². The molecule has 1 aliphatic carbocycles. The summed E-state index contributed by atoms with van der Waals surface area (Å²) in [6, 6.07) is 13.8. The van der Waals surface area contributed by atoms with Crippen LogP contribution in [0.25, 0.3) is 0 Å². The molecule has 1 amide bonds. The van der Waals surface area contributed by atoms with Crippen LogP contribution in [0, 0.1) is 6.92 Å². The van der Waals surface area contributed by atoms with Crippen LogP contribution in [0.1, 0.15) is 24.0 Å². The largest absolute Gasteiger partial charge is 0.490 e. The Morgan fingerprint density at radius 1 is 1.12 bits per heavy atom. The van der Waals surface area contributed by atoms with Crippen LogP contribution in [-0.2, 0) is 29.8 Å². The van der Waals surface area contributed by atoms with Gasteiger partial charge in [0.25, 0.3) is 10.0 Å². The van der Waals surface area contributed by atoms with Gasteiger partial charge in [0.15, 0.2) is 0 Å². The molecule has 0 bridgehead atoms. The molecule has 0 aliphatic heterocycles.